The highest BCUT2D eigenvalue weighted by Crippen LogP contribution is 2.51. The summed E-state index contributed by atoms with van der Waals surface area (Å²) in [7, 11) is 0. The molecule has 0 atom stereocenters. The Labute approximate surface area is 91.8 Å². The standard InChI is InChI=1S/C9H20NO2PS/c1-8(2,3)10-13(14)11-6-9(4,5)7-12-13/h6-7H2,1-5H3,(H,10,14). The zero-order chi connectivity index (χ0) is 11.0. The first-order chi connectivity index (χ1) is 6.12. The molecule has 0 aromatic rings. The molecule has 0 spiro atoms. The van der Waals surface area contributed by atoms with Crippen molar-refractivity contribution in [2.75, 3.05) is 13.2 Å². The second-order valence-corrected chi connectivity index (χ2v) is 8.75. The maximum absolute atomic E-state index is 5.65. The summed E-state index contributed by atoms with van der Waals surface area (Å²) < 4.78 is 11.3. The molecule has 14 heavy (non-hydrogen) atoms. The van der Waals surface area contributed by atoms with E-state index in [0.29, 0.717) is 13.2 Å². The van der Waals surface area contributed by atoms with E-state index < -0.39 is 6.64 Å². The molecule has 1 rings (SSSR count). The minimum absolute atomic E-state index is 0.0585. The summed E-state index contributed by atoms with van der Waals surface area (Å²) in [6.45, 7) is 9.53. The van der Waals surface area contributed by atoms with E-state index in [2.05, 4.69) is 39.7 Å². The van der Waals surface area contributed by atoms with Gasteiger partial charge in [-0.15, -0.1) is 0 Å². The van der Waals surface area contributed by atoms with E-state index in [9.17, 15) is 0 Å². The van der Waals surface area contributed by atoms with Crippen LogP contribution >= 0.6 is 6.64 Å². The van der Waals surface area contributed by atoms with Crippen LogP contribution in [0.5, 0.6) is 0 Å². The van der Waals surface area contributed by atoms with Gasteiger partial charge in [0.25, 0.3) is 6.64 Å². The molecule has 0 bridgehead atoms. The molecular weight excluding hydrogens is 217 g/mol. The molecule has 1 aliphatic heterocycles. The van der Waals surface area contributed by atoms with Gasteiger partial charge in [-0.3, -0.25) is 0 Å². The van der Waals surface area contributed by atoms with Gasteiger partial charge in [0.05, 0.1) is 13.2 Å². The summed E-state index contributed by atoms with van der Waals surface area (Å²) in [5.74, 6) is 0. The predicted molar refractivity (Wildman–Crippen MR) is 62.9 cm³/mol. The van der Waals surface area contributed by atoms with Crippen molar-refractivity contribution in [1.82, 2.24) is 5.09 Å². The number of hydrogen-bond acceptors (Lipinski definition) is 3. The second kappa shape index (κ2) is 3.84. The maximum Gasteiger partial charge on any atom is 0.261 e. The molecule has 0 aromatic heterocycles. The zero-order valence-electron chi connectivity index (χ0n) is 9.59. The van der Waals surface area contributed by atoms with Gasteiger partial charge in [-0.2, -0.15) is 0 Å². The van der Waals surface area contributed by atoms with Gasteiger partial charge >= 0.3 is 0 Å². The van der Waals surface area contributed by atoms with Crippen molar-refractivity contribution in [3.05, 3.63) is 0 Å². The van der Waals surface area contributed by atoms with Gasteiger partial charge in [0, 0.05) is 11.0 Å². The van der Waals surface area contributed by atoms with E-state index in [-0.39, 0.29) is 11.0 Å². The Balaban J connectivity index is 2.59. The SMILES string of the molecule is CC1(C)COP(=S)(NC(C)(C)C)OC1. The summed E-state index contributed by atoms with van der Waals surface area (Å²) in [5, 5.41) is 3.25. The molecule has 1 heterocycles. The molecule has 3 nitrogen and oxygen atoms in total. The van der Waals surface area contributed by atoms with Crippen LogP contribution in [0.3, 0.4) is 0 Å². The summed E-state index contributed by atoms with van der Waals surface area (Å²) in [6, 6.07) is 0. The van der Waals surface area contributed by atoms with Crippen molar-refractivity contribution in [3.8, 4) is 0 Å². The highest BCUT2D eigenvalue weighted by atomic mass is 32.5. The molecule has 0 aromatic carbocycles. The first kappa shape index (κ1) is 12.6. The molecule has 1 aliphatic rings. The van der Waals surface area contributed by atoms with E-state index in [4.69, 9.17) is 20.9 Å². The van der Waals surface area contributed by atoms with Crippen LogP contribution in [0.25, 0.3) is 0 Å². The fraction of sp³-hybridized carbons (Fsp3) is 1.00. The number of nitrogens with one attached hydrogen (secondary N) is 1. The van der Waals surface area contributed by atoms with Crippen LogP contribution in [-0.2, 0) is 20.9 Å². The Bertz CT molecular complexity index is 246. The van der Waals surface area contributed by atoms with Gasteiger partial charge < -0.3 is 9.05 Å². The van der Waals surface area contributed by atoms with Crippen molar-refractivity contribution in [2.45, 2.75) is 40.2 Å². The average molecular weight is 237 g/mol. The summed E-state index contributed by atoms with van der Waals surface area (Å²) in [4.78, 5) is 0. The molecule has 84 valence electrons. The van der Waals surface area contributed by atoms with Crippen LogP contribution in [0.15, 0.2) is 0 Å². The van der Waals surface area contributed by atoms with Crippen LogP contribution < -0.4 is 5.09 Å². The molecular formula is C9H20NO2PS. The number of hydrogen-bond donors (Lipinski definition) is 1. The molecule has 1 N–H and O–H groups in total. The monoisotopic (exact) mass is 237 g/mol. The van der Waals surface area contributed by atoms with Gasteiger partial charge in [0.1, 0.15) is 0 Å². The lowest BCUT2D eigenvalue weighted by Crippen LogP contribution is -2.39. The molecule has 0 saturated carbocycles. The summed E-state index contributed by atoms with van der Waals surface area (Å²) in [6.07, 6.45) is 0. The molecule has 0 unspecified atom stereocenters. The largest absolute Gasteiger partial charge is 0.317 e. The maximum atomic E-state index is 5.65. The number of rotatable bonds is 1. The van der Waals surface area contributed by atoms with Crippen LogP contribution in [0.1, 0.15) is 34.6 Å². The highest BCUT2D eigenvalue weighted by Gasteiger charge is 2.35. The van der Waals surface area contributed by atoms with Crippen LogP contribution in [-0.4, -0.2) is 18.8 Å². The Morgan fingerprint density at radius 3 is 2.00 bits per heavy atom. The smallest absolute Gasteiger partial charge is 0.261 e. The predicted octanol–water partition coefficient (Wildman–Crippen LogP) is 2.67. The minimum Gasteiger partial charge on any atom is -0.317 e. The highest BCUT2D eigenvalue weighted by molar-refractivity contribution is 8.09. The molecule has 5 heteroatoms. The third-order valence-corrected chi connectivity index (χ3v) is 4.51. The fourth-order valence-corrected chi connectivity index (χ4v) is 4.28. The Morgan fingerprint density at radius 1 is 1.21 bits per heavy atom. The molecule has 1 fully saturated rings. The third-order valence-electron chi connectivity index (χ3n) is 1.72. The van der Waals surface area contributed by atoms with Gasteiger partial charge in [-0.05, 0) is 32.6 Å². The van der Waals surface area contributed by atoms with E-state index >= 15 is 0 Å². The van der Waals surface area contributed by atoms with E-state index in [0.717, 1.165) is 0 Å². The Hall–Kier alpha value is 0.530. The van der Waals surface area contributed by atoms with Gasteiger partial charge in [0.15, 0.2) is 0 Å². The van der Waals surface area contributed by atoms with Crippen LogP contribution in [0.2, 0.25) is 0 Å². The first-order valence-electron chi connectivity index (χ1n) is 4.81. The van der Waals surface area contributed by atoms with E-state index in [1.165, 1.54) is 0 Å². The second-order valence-electron chi connectivity index (χ2n) is 5.57. The Kier molecular flexibility index (Phi) is 3.45. The Morgan fingerprint density at radius 2 is 1.64 bits per heavy atom. The molecule has 0 amide bonds. The summed E-state index contributed by atoms with van der Waals surface area (Å²) in [5.41, 5.74) is 0.0267. The van der Waals surface area contributed by atoms with Crippen molar-refractivity contribution >= 4 is 18.4 Å². The van der Waals surface area contributed by atoms with Crippen LogP contribution in [0.4, 0.5) is 0 Å². The van der Waals surface area contributed by atoms with Crippen molar-refractivity contribution in [1.29, 1.82) is 0 Å². The van der Waals surface area contributed by atoms with Gasteiger partial charge in [-0.25, -0.2) is 5.09 Å². The first-order valence-corrected chi connectivity index (χ1v) is 7.44. The van der Waals surface area contributed by atoms with Crippen molar-refractivity contribution in [2.24, 2.45) is 5.41 Å². The lowest BCUT2D eigenvalue weighted by Gasteiger charge is -2.39. The lowest BCUT2D eigenvalue weighted by molar-refractivity contribution is 0.0543. The van der Waals surface area contributed by atoms with Crippen molar-refractivity contribution < 1.29 is 9.05 Å². The van der Waals surface area contributed by atoms with Crippen molar-refractivity contribution in [3.63, 3.8) is 0 Å². The fourth-order valence-electron chi connectivity index (χ4n) is 1.07. The lowest BCUT2D eigenvalue weighted by atomic mass is 9.97. The molecule has 0 radical (unpaired) electrons. The molecule has 1 saturated heterocycles. The van der Waals surface area contributed by atoms with Gasteiger partial charge in [0.2, 0.25) is 0 Å². The van der Waals surface area contributed by atoms with Crippen LogP contribution in [0, 0.1) is 5.41 Å². The van der Waals surface area contributed by atoms with E-state index in [1.54, 1.807) is 0 Å². The molecule has 0 aliphatic carbocycles. The van der Waals surface area contributed by atoms with Gasteiger partial charge in [-0.1, -0.05) is 13.8 Å². The third kappa shape index (κ3) is 3.95. The summed E-state index contributed by atoms with van der Waals surface area (Å²) >= 11 is 5.36. The average Bonchev–Trinajstić information content (AvgIpc) is 1.93. The van der Waals surface area contributed by atoms with E-state index in [1.807, 2.05) is 0 Å². The quantitative estimate of drug-likeness (QED) is 0.710. The normalized spacial score (nSPS) is 26.1. The topological polar surface area (TPSA) is 30.5 Å². The zero-order valence-corrected chi connectivity index (χ0v) is 11.3. The minimum atomic E-state index is -2.23.